The molecule has 24 heavy (non-hydrogen) atoms. The van der Waals surface area contributed by atoms with Crippen molar-refractivity contribution in [3.63, 3.8) is 0 Å². The molecule has 0 radical (unpaired) electrons. The van der Waals surface area contributed by atoms with Crippen LogP contribution in [-0.2, 0) is 11.3 Å². The Morgan fingerprint density at radius 2 is 1.79 bits per heavy atom. The summed E-state index contributed by atoms with van der Waals surface area (Å²) in [5.41, 5.74) is 1.05. The maximum absolute atomic E-state index is 12.3. The lowest BCUT2D eigenvalue weighted by Crippen LogP contribution is -2.33. The lowest BCUT2D eigenvalue weighted by atomic mass is 10.2. The molecule has 0 saturated heterocycles. The molecule has 2 rings (SSSR count). The Hall–Kier alpha value is -2.04. The molecule has 4 nitrogen and oxygen atoms in total. The van der Waals surface area contributed by atoms with E-state index < -0.39 is 0 Å². The predicted molar refractivity (Wildman–Crippen MR) is 95.1 cm³/mol. The maximum Gasteiger partial charge on any atom is 0.223 e. The van der Waals surface area contributed by atoms with Crippen molar-refractivity contribution in [2.75, 3.05) is 19.8 Å². The average Bonchev–Trinajstić information content (AvgIpc) is 2.60. The van der Waals surface area contributed by atoms with Gasteiger partial charge in [-0.05, 0) is 24.1 Å². The van der Waals surface area contributed by atoms with Gasteiger partial charge in [-0.25, -0.2) is 0 Å². The van der Waals surface area contributed by atoms with Crippen LogP contribution in [0, 0.1) is 0 Å². The van der Waals surface area contributed by atoms with Gasteiger partial charge in [0.1, 0.15) is 5.75 Å². The summed E-state index contributed by atoms with van der Waals surface area (Å²) in [6, 6.07) is 17.0. The van der Waals surface area contributed by atoms with E-state index in [1.54, 1.807) is 17.0 Å². The zero-order valence-electron chi connectivity index (χ0n) is 13.5. The van der Waals surface area contributed by atoms with E-state index in [1.165, 1.54) is 0 Å². The second-order valence-electron chi connectivity index (χ2n) is 5.41. The molecule has 5 heteroatoms. The molecule has 0 aliphatic rings. The highest BCUT2D eigenvalue weighted by Gasteiger charge is 2.13. The molecular formula is C19H22ClNO3. The molecule has 0 heterocycles. The normalized spacial score (nSPS) is 10.4. The van der Waals surface area contributed by atoms with E-state index in [4.69, 9.17) is 16.3 Å². The minimum Gasteiger partial charge on any atom is -0.492 e. The fourth-order valence-corrected chi connectivity index (χ4v) is 2.53. The Balaban J connectivity index is 1.79. The molecule has 2 aromatic rings. The van der Waals surface area contributed by atoms with Gasteiger partial charge < -0.3 is 14.7 Å². The number of para-hydroxylation sites is 1. The molecule has 0 aliphatic heterocycles. The van der Waals surface area contributed by atoms with Gasteiger partial charge in [-0.2, -0.15) is 0 Å². The monoisotopic (exact) mass is 347 g/mol. The lowest BCUT2D eigenvalue weighted by molar-refractivity contribution is -0.132. The fraction of sp³-hybridized carbons (Fsp3) is 0.316. The molecule has 128 valence electrons. The molecule has 0 bridgehead atoms. The average molecular weight is 348 g/mol. The number of halogens is 1. The quantitative estimate of drug-likeness (QED) is 0.706. The Morgan fingerprint density at radius 1 is 1.08 bits per heavy atom. The highest BCUT2D eigenvalue weighted by Crippen LogP contribution is 2.23. The zero-order chi connectivity index (χ0) is 17.2. The molecule has 0 aromatic heterocycles. The SMILES string of the molecule is O=C(CCCOc1ccccc1Cl)N(CCO)Cc1ccccc1. The summed E-state index contributed by atoms with van der Waals surface area (Å²) >= 11 is 6.02. The van der Waals surface area contributed by atoms with Gasteiger partial charge in [0.2, 0.25) is 5.91 Å². The molecule has 0 atom stereocenters. The summed E-state index contributed by atoms with van der Waals surface area (Å²) in [5, 5.41) is 9.75. The third-order valence-corrected chi connectivity index (χ3v) is 3.88. The van der Waals surface area contributed by atoms with Crippen LogP contribution in [0.3, 0.4) is 0 Å². The molecule has 0 spiro atoms. The molecule has 1 N–H and O–H groups in total. The minimum absolute atomic E-state index is 0.00987. The van der Waals surface area contributed by atoms with Gasteiger partial charge in [-0.15, -0.1) is 0 Å². The third-order valence-electron chi connectivity index (χ3n) is 3.57. The minimum atomic E-state index is -0.0469. The number of aliphatic hydroxyl groups is 1. The van der Waals surface area contributed by atoms with Crippen molar-refractivity contribution >= 4 is 17.5 Å². The summed E-state index contributed by atoms with van der Waals surface area (Å²) in [6.45, 7) is 1.22. The second kappa shape index (κ2) is 9.96. The van der Waals surface area contributed by atoms with Crippen LogP contribution in [0.15, 0.2) is 54.6 Å². The Kier molecular flexibility index (Phi) is 7.59. The fourth-order valence-electron chi connectivity index (χ4n) is 2.34. The first-order valence-corrected chi connectivity index (χ1v) is 8.38. The number of carbonyl (C=O) groups excluding carboxylic acids is 1. The highest BCUT2D eigenvalue weighted by atomic mass is 35.5. The Morgan fingerprint density at radius 3 is 2.50 bits per heavy atom. The van der Waals surface area contributed by atoms with Crippen molar-refractivity contribution in [2.45, 2.75) is 19.4 Å². The number of ether oxygens (including phenoxy) is 1. The van der Waals surface area contributed by atoms with Gasteiger partial charge in [0, 0.05) is 19.5 Å². The van der Waals surface area contributed by atoms with Crippen molar-refractivity contribution in [1.82, 2.24) is 4.90 Å². The summed E-state index contributed by atoms with van der Waals surface area (Å²) < 4.78 is 5.59. The molecule has 0 fully saturated rings. The van der Waals surface area contributed by atoms with Crippen molar-refractivity contribution in [3.8, 4) is 5.75 Å². The van der Waals surface area contributed by atoms with Crippen LogP contribution in [0.4, 0.5) is 0 Å². The highest BCUT2D eigenvalue weighted by molar-refractivity contribution is 6.32. The lowest BCUT2D eigenvalue weighted by Gasteiger charge is -2.22. The molecular weight excluding hydrogens is 326 g/mol. The third kappa shape index (κ3) is 5.87. The van der Waals surface area contributed by atoms with Crippen molar-refractivity contribution in [2.24, 2.45) is 0 Å². The van der Waals surface area contributed by atoms with E-state index in [-0.39, 0.29) is 12.5 Å². The molecule has 2 aromatic carbocycles. The number of carbonyl (C=O) groups is 1. The second-order valence-corrected chi connectivity index (χ2v) is 5.81. The van der Waals surface area contributed by atoms with Crippen LogP contribution in [-0.4, -0.2) is 35.7 Å². The van der Waals surface area contributed by atoms with Gasteiger partial charge in [0.05, 0.1) is 18.2 Å². The summed E-state index contributed by atoms with van der Waals surface area (Å²) in [5.74, 6) is 0.638. The molecule has 0 unspecified atom stereocenters. The van der Waals surface area contributed by atoms with E-state index in [0.717, 1.165) is 5.56 Å². The standard InChI is InChI=1S/C19H22ClNO3/c20-17-9-4-5-10-18(17)24-14-6-11-19(23)21(12-13-22)15-16-7-2-1-3-8-16/h1-5,7-10,22H,6,11-15H2. The molecule has 0 saturated carbocycles. The largest absolute Gasteiger partial charge is 0.492 e. The summed E-state index contributed by atoms with van der Waals surface area (Å²) in [4.78, 5) is 14.0. The van der Waals surface area contributed by atoms with Gasteiger partial charge in [-0.3, -0.25) is 4.79 Å². The first-order chi connectivity index (χ1) is 11.7. The van der Waals surface area contributed by atoms with Gasteiger partial charge in [0.15, 0.2) is 0 Å². The number of rotatable bonds is 9. The van der Waals surface area contributed by atoms with Gasteiger partial charge >= 0.3 is 0 Å². The maximum atomic E-state index is 12.3. The van der Waals surface area contributed by atoms with E-state index in [1.807, 2.05) is 42.5 Å². The van der Waals surface area contributed by atoms with Crippen molar-refractivity contribution in [1.29, 1.82) is 0 Å². The number of hydrogen-bond donors (Lipinski definition) is 1. The van der Waals surface area contributed by atoms with Crippen LogP contribution in [0.2, 0.25) is 5.02 Å². The number of nitrogens with zero attached hydrogens (tertiary/aromatic N) is 1. The Bertz CT molecular complexity index is 634. The summed E-state index contributed by atoms with van der Waals surface area (Å²) in [7, 11) is 0. The number of hydrogen-bond acceptors (Lipinski definition) is 3. The van der Waals surface area contributed by atoms with Crippen LogP contribution < -0.4 is 4.74 Å². The number of amides is 1. The topological polar surface area (TPSA) is 49.8 Å². The smallest absolute Gasteiger partial charge is 0.223 e. The van der Waals surface area contributed by atoms with Crippen LogP contribution >= 0.6 is 11.6 Å². The van der Waals surface area contributed by atoms with E-state index in [0.29, 0.717) is 43.3 Å². The first kappa shape index (κ1) is 18.3. The number of aliphatic hydroxyl groups excluding tert-OH is 1. The van der Waals surface area contributed by atoms with E-state index >= 15 is 0 Å². The Labute approximate surface area is 147 Å². The first-order valence-electron chi connectivity index (χ1n) is 8.00. The van der Waals surface area contributed by atoms with Crippen molar-refractivity contribution < 1.29 is 14.6 Å². The van der Waals surface area contributed by atoms with Gasteiger partial charge in [-0.1, -0.05) is 54.1 Å². The summed E-state index contributed by atoms with van der Waals surface area (Å²) in [6.07, 6.45) is 0.970. The van der Waals surface area contributed by atoms with Crippen LogP contribution in [0.1, 0.15) is 18.4 Å². The predicted octanol–water partition coefficient (Wildman–Crippen LogP) is 3.52. The molecule has 0 aliphatic carbocycles. The van der Waals surface area contributed by atoms with Crippen LogP contribution in [0.5, 0.6) is 5.75 Å². The van der Waals surface area contributed by atoms with Gasteiger partial charge in [0.25, 0.3) is 0 Å². The zero-order valence-corrected chi connectivity index (χ0v) is 14.3. The van der Waals surface area contributed by atoms with Crippen molar-refractivity contribution in [3.05, 3.63) is 65.2 Å². The number of benzene rings is 2. The van der Waals surface area contributed by atoms with E-state index in [2.05, 4.69) is 0 Å². The van der Waals surface area contributed by atoms with E-state index in [9.17, 15) is 9.90 Å². The molecule has 1 amide bonds. The van der Waals surface area contributed by atoms with Crippen LogP contribution in [0.25, 0.3) is 0 Å².